The van der Waals surface area contributed by atoms with Crippen LogP contribution < -0.4 is 0 Å². The molecule has 0 spiro atoms. The SMILES string of the molecule is C=CC(=O)N(CCC1CCCCC1)Cc1cnc2n1CCC2. The molecule has 1 aliphatic carbocycles. The first-order valence-electron chi connectivity index (χ1n) is 8.72. The van der Waals surface area contributed by atoms with Crippen molar-refractivity contribution in [3.63, 3.8) is 0 Å². The lowest BCUT2D eigenvalue weighted by Crippen LogP contribution is -2.32. The average Bonchev–Trinajstić information content (AvgIpc) is 3.16. The van der Waals surface area contributed by atoms with Crippen LogP contribution in [0.4, 0.5) is 0 Å². The first-order chi connectivity index (χ1) is 10.8. The quantitative estimate of drug-likeness (QED) is 0.756. The maximum absolute atomic E-state index is 12.2. The molecule has 1 saturated carbocycles. The minimum Gasteiger partial charge on any atom is -0.333 e. The molecule has 4 nitrogen and oxygen atoms in total. The summed E-state index contributed by atoms with van der Waals surface area (Å²) in [6, 6.07) is 0. The Hall–Kier alpha value is -1.58. The summed E-state index contributed by atoms with van der Waals surface area (Å²) in [5.41, 5.74) is 1.17. The van der Waals surface area contributed by atoms with Gasteiger partial charge in [0.05, 0.1) is 18.4 Å². The summed E-state index contributed by atoms with van der Waals surface area (Å²) in [5.74, 6) is 2.02. The van der Waals surface area contributed by atoms with E-state index in [2.05, 4.69) is 16.1 Å². The molecule has 3 rings (SSSR count). The maximum atomic E-state index is 12.2. The van der Waals surface area contributed by atoms with Crippen LogP contribution in [0.5, 0.6) is 0 Å². The number of carbonyl (C=O) groups excluding carboxylic acids is 1. The number of fused-ring (bicyclic) bond motifs is 1. The second-order valence-corrected chi connectivity index (χ2v) is 6.68. The second-order valence-electron chi connectivity index (χ2n) is 6.68. The first kappa shape index (κ1) is 15.3. The molecule has 0 atom stereocenters. The van der Waals surface area contributed by atoms with Gasteiger partial charge in [-0.25, -0.2) is 4.98 Å². The van der Waals surface area contributed by atoms with Crippen LogP contribution in [-0.2, 0) is 24.3 Å². The van der Waals surface area contributed by atoms with Crippen molar-refractivity contribution in [2.75, 3.05) is 6.54 Å². The minimum atomic E-state index is 0.0457. The Balaban J connectivity index is 1.61. The summed E-state index contributed by atoms with van der Waals surface area (Å²) in [6.45, 7) is 6.22. The average molecular weight is 301 g/mol. The number of hydrogen-bond donors (Lipinski definition) is 0. The van der Waals surface area contributed by atoms with Crippen molar-refractivity contribution in [3.05, 3.63) is 30.4 Å². The van der Waals surface area contributed by atoms with Gasteiger partial charge in [0.25, 0.3) is 0 Å². The fourth-order valence-electron chi connectivity index (χ4n) is 3.85. The standard InChI is InChI=1S/C18H27N3O/c1-2-18(22)20(12-10-15-7-4-3-5-8-15)14-16-13-19-17-9-6-11-21(16)17/h2,13,15H,1,3-12,14H2. The predicted octanol–water partition coefficient (Wildman–Crippen LogP) is 3.31. The molecule has 2 aliphatic rings. The number of imidazole rings is 1. The molecule has 0 saturated heterocycles. The topological polar surface area (TPSA) is 38.1 Å². The van der Waals surface area contributed by atoms with Gasteiger partial charge in [-0.15, -0.1) is 0 Å². The lowest BCUT2D eigenvalue weighted by molar-refractivity contribution is -0.126. The highest BCUT2D eigenvalue weighted by atomic mass is 16.2. The van der Waals surface area contributed by atoms with Gasteiger partial charge in [0.2, 0.25) is 5.91 Å². The van der Waals surface area contributed by atoms with E-state index < -0.39 is 0 Å². The Labute approximate surface area is 133 Å². The van der Waals surface area contributed by atoms with Crippen molar-refractivity contribution in [2.45, 2.75) is 64.5 Å². The van der Waals surface area contributed by atoms with Gasteiger partial charge in [0, 0.05) is 19.5 Å². The third kappa shape index (κ3) is 3.42. The Morgan fingerprint density at radius 3 is 2.95 bits per heavy atom. The van der Waals surface area contributed by atoms with Crippen LogP contribution >= 0.6 is 0 Å². The van der Waals surface area contributed by atoms with Crippen LogP contribution in [-0.4, -0.2) is 26.9 Å². The number of hydrogen-bond acceptors (Lipinski definition) is 2. The first-order valence-corrected chi connectivity index (χ1v) is 8.72. The van der Waals surface area contributed by atoms with Gasteiger partial charge < -0.3 is 9.47 Å². The van der Waals surface area contributed by atoms with Crippen molar-refractivity contribution in [1.82, 2.24) is 14.5 Å². The van der Waals surface area contributed by atoms with E-state index in [-0.39, 0.29) is 5.91 Å². The molecule has 1 aromatic heterocycles. The summed E-state index contributed by atoms with van der Waals surface area (Å²) < 4.78 is 2.28. The molecule has 0 radical (unpaired) electrons. The van der Waals surface area contributed by atoms with E-state index in [9.17, 15) is 4.79 Å². The molecule has 0 N–H and O–H groups in total. The molecule has 1 fully saturated rings. The zero-order chi connectivity index (χ0) is 15.4. The summed E-state index contributed by atoms with van der Waals surface area (Å²) >= 11 is 0. The number of amides is 1. The van der Waals surface area contributed by atoms with Gasteiger partial charge in [-0.05, 0) is 24.8 Å². The Morgan fingerprint density at radius 2 is 2.18 bits per heavy atom. The third-order valence-electron chi connectivity index (χ3n) is 5.17. The molecule has 1 amide bonds. The smallest absolute Gasteiger partial charge is 0.246 e. The van der Waals surface area contributed by atoms with Crippen LogP contribution in [0.25, 0.3) is 0 Å². The Morgan fingerprint density at radius 1 is 1.36 bits per heavy atom. The Bertz CT molecular complexity index is 528. The van der Waals surface area contributed by atoms with E-state index in [1.807, 2.05) is 11.1 Å². The number of aromatic nitrogens is 2. The van der Waals surface area contributed by atoms with E-state index in [0.717, 1.165) is 31.8 Å². The lowest BCUT2D eigenvalue weighted by atomic mass is 9.87. The highest BCUT2D eigenvalue weighted by Crippen LogP contribution is 2.27. The molecule has 120 valence electrons. The van der Waals surface area contributed by atoms with Crippen molar-refractivity contribution in [3.8, 4) is 0 Å². The van der Waals surface area contributed by atoms with Gasteiger partial charge in [-0.3, -0.25) is 4.79 Å². The number of nitrogens with zero attached hydrogens (tertiary/aromatic N) is 3. The molecular formula is C18H27N3O. The molecule has 2 heterocycles. The van der Waals surface area contributed by atoms with Crippen molar-refractivity contribution in [1.29, 1.82) is 0 Å². The number of aryl methyl sites for hydroxylation is 1. The largest absolute Gasteiger partial charge is 0.333 e. The number of rotatable bonds is 6. The second kappa shape index (κ2) is 7.12. The Kier molecular flexibility index (Phi) is 4.96. The fraction of sp³-hybridized carbons (Fsp3) is 0.667. The van der Waals surface area contributed by atoms with Crippen LogP contribution in [0, 0.1) is 5.92 Å². The molecule has 0 aromatic carbocycles. The molecule has 4 heteroatoms. The van der Waals surface area contributed by atoms with Crippen molar-refractivity contribution >= 4 is 5.91 Å². The van der Waals surface area contributed by atoms with Gasteiger partial charge in [-0.1, -0.05) is 38.7 Å². The predicted molar refractivity (Wildman–Crippen MR) is 87.4 cm³/mol. The van der Waals surface area contributed by atoms with Gasteiger partial charge in [-0.2, -0.15) is 0 Å². The summed E-state index contributed by atoms with van der Waals surface area (Å²) in [6.07, 6.45) is 13.5. The maximum Gasteiger partial charge on any atom is 0.246 e. The molecule has 1 aliphatic heterocycles. The van der Waals surface area contributed by atoms with Gasteiger partial charge in [0.1, 0.15) is 5.82 Å². The van der Waals surface area contributed by atoms with Crippen LogP contribution in [0.3, 0.4) is 0 Å². The van der Waals surface area contributed by atoms with E-state index in [1.165, 1.54) is 56.1 Å². The lowest BCUT2D eigenvalue weighted by Gasteiger charge is -2.26. The molecular weight excluding hydrogens is 274 g/mol. The molecule has 0 bridgehead atoms. The highest BCUT2D eigenvalue weighted by Gasteiger charge is 2.21. The van der Waals surface area contributed by atoms with Crippen molar-refractivity contribution < 1.29 is 4.79 Å². The van der Waals surface area contributed by atoms with E-state index in [1.54, 1.807) is 0 Å². The summed E-state index contributed by atoms with van der Waals surface area (Å²) in [7, 11) is 0. The van der Waals surface area contributed by atoms with Crippen LogP contribution in [0.1, 0.15) is 56.5 Å². The normalized spacial score (nSPS) is 18.2. The molecule has 1 aromatic rings. The highest BCUT2D eigenvalue weighted by molar-refractivity contribution is 5.86. The zero-order valence-electron chi connectivity index (χ0n) is 13.5. The molecule has 22 heavy (non-hydrogen) atoms. The van der Waals surface area contributed by atoms with Gasteiger partial charge >= 0.3 is 0 Å². The number of carbonyl (C=O) groups is 1. The van der Waals surface area contributed by atoms with Crippen LogP contribution in [0.15, 0.2) is 18.9 Å². The zero-order valence-corrected chi connectivity index (χ0v) is 13.5. The van der Waals surface area contributed by atoms with E-state index >= 15 is 0 Å². The van der Waals surface area contributed by atoms with Crippen molar-refractivity contribution in [2.24, 2.45) is 5.92 Å². The summed E-state index contributed by atoms with van der Waals surface area (Å²) in [4.78, 5) is 18.6. The van der Waals surface area contributed by atoms with Crippen LogP contribution in [0.2, 0.25) is 0 Å². The fourth-order valence-corrected chi connectivity index (χ4v) is 3.85. The third-order valence-corrected chi connectivity index (χ3v) is 5.17. The minimum absolute atomic E-state index is 0.0457. The summed E-state index contributed by atoms with van der Waals surface area (Å²) in [5, 5.41) is 0. The van der Waals surface area contributed by atoms with Gasteiger partial charge in [0.15, 0.2) is 0 Å². The monoisotopic (exact) mass is 301 g/mol. The van der Waals surface area contributed by atoms with E-state index in [0.29, 0.717) is 6.54 Å². The molecule has 0 unspecified atom stereocenters. The van der Waals surface area contributed by atoms with E-state index in [4.69, 9.17) is 0 Å².